The lowest BCUT2D eigenvalue weighted by molar-refractivity contribution is 0.0963. The van der Waals surface area contributed by atoms with Gasteiger partial charge in [-0.25, -0.2) is 4.68 Å². The number of methoxy groups -OCH3 is 1. The molecule has 1 aromatic heterocycles. The number of ether oxygens (including phenoxy) is 1. The summed E-state index contributed by atoms with van der Waals surface area (Å²) in [5.41, 5.74) is 2.55. The van der Waals surface area contributed by atoms with E-state index in [4.69, 9.17) is 21.4 Å². The van der Waals surface area contributed by atoms with Crippen molar-refractivity contribution in [3.05, 3.63) is 64.5 Å². The predicted octanol–water partition coefficient (Wildman–Crippen LogP) is 3.33. The van der Waals surface area contributed by atoms with Crippen LogP contribution in [0, 0.1) is 4.84 Å². The molecule has 28 heavy (non-hydrogen) atoms. The zero-order valence-corrected chi connectivity index (χ0v) is 16.8. The van der Waals surface area contributed by atoms with Gasteiger partial charge in [0.2, 0.25) is 5.89 Å². The third-order valence-electron chi connectivity index (χ3n) is 4.21. The lowest BCUT2D eigenvalue weighted by atomic mass is 10.1. The van der Waals surface area contributed by atoms with E-state index in [1.165, 1.54) is 0 Å². The first-order valence-corrected chi connectivity index (χ1v) is 9.13. The van der Waals surface area contributed by atoms with E-state index in [9.17, 15) is 4.79 Å². The van der Waals surface area contributed by atoms with Gasteiger partial charge in [-0.15, -0.1) is 5.10 Å². The lowest BCUT2D eigenvalue weighted by Gasteiger charge is -2.16. The van der Waals surface area contributed by atoms with Crippen molar-refractivity contribution in [2.45, 2.75) is 13.2 Å². The molecular formula is C20H22N4O3S. The minimum Gasteiger partial charge on any atom is -0.497 e. The third kappa shape index (κ3) is 4.65. The number of amides is 1. The number of aromatic nitrogens is 2. The van der Waals surface area contributed by atoms with E-state index in [1.807, 2.05) is 55.6 Å². The zero-order chi connectivity index (χ0) is 20.1. The number of carbonyl (C=O) groups is 1. The van der Waals surface area contributed by atoms with Crippen LogP contribution in [0.25, 0.3) is 11.5 Å². The van der Waals surface area contributed by atoms with Crippen molar-refractivity contribution in [2.75, 3.05) is 21.2 Å². The summed E-state index contributed by atoms with van der Waals surface area (Å²) in [6.45, 7) is 1.16. The highest BCUT2D eigenvalue weighted by Gasteiger charge is 2.11. The van der Waals surface area contributed by atoms with Gasteiger partial charge in [0.1, 0.15) is 5.75 Å². The highest BCUT2D eigenvalue weighted by molar-refractivity contribution is 7.71. The molecule has 0 radical (unpaired) electrons. The molecule has 0 saturated heterocycles. The van der Waals surface area contributed by atoms with Gasteiger partial charge in [-0.3, -0.25) is 9.69 Å². The van der Waals surface area contributed by atoms with E-state index >= 15 is 0 Å². The Morgan fingerprint density at radius 1 is 1.21 bits per heavy atom. The number of rotatable bonds is 7. The van der Waals surface area contributed by atoms with Gasteiger partial charge in [0, 0.05) is 24.7 Å². The fourth-order valence-electron chi connectivity index (χ4n) is 2.74. The Morgan fingerprint density at radius 3 is 2.50 bits per heavy atom. The Kier molecular flexibility index (Phi) is 6.23. The number of nitrogens with zero attached hydrogens (tertiary/aromatic N) is 3. The third-order valence-corrected chi connectivity index (χ3v) is 4.51. The molecule has 3 rings (SSSR count). The first kappa shape index (κ1) is 19.8. The summed E-state index contributed by atoms with van der Waals surface area (Å²) in [6.07, 6.45) is 0. The van der Waals surface area contributed by atoms with Crippen LogP contribution in [0.4, 0.5) is 0 Å². The first-order chi connectivity index (χ1) is 13.5. The molecule has 0 aliphatic heterocycles. The predicted molar refractivity (Wildman–Crippen MR) is 109 cm³/mol. The van der Waals surface area contributed by atoms with Crippen molar-refractivity contribution in [2.24, 2.45) is 0 Å². The van der Waals surface area contributed by atoms with Crippen molar-refractivity contribution < 1.29 is 13.9 Å². The molecule has 0 saturated carbocycles. The molecule has 2 aromatic carbocycles. The molecular weight excluding hydrogens is 376 g/mol. The largest absolute Gasteiger partial charge is 0.497 e. The molecule has 0 aliphatic rings. The van der Waals surface area contributed by atoms with Crippen molar-refractivity contribution >= 4 is 18.1 Å². The Balaban J connectivity index is 1.67. The van der Waals surface area contributed by atoms with Crippen LogP contribution in [0.5, 0.6) is 5.75 Å². The lowest BCUT2D eigenvalue weighted by Crippen LogP contribution is -2.22. The molecule has 7 nitrogen and oxygen atoms in total. The second-order valence-corrected chi connectivity index (χ2v) is 6.68. The molecule has 0 bridgehead atoms. The number of hydrogen-bond acceptors (Lipinski definition) is 6. The monoisotopic (exact) mass is 398 g/mol. The van der Waals surface area contributed by atoms with E-state index in [0.29, 0.717) is 29.5 Å². The van der Waals surface area contributed by atoms with Crippen LogP contribution in [-0.4, -0.2) is 41.8 Å². The number of hydrogen-bond donors (Lipinski definition) is 1. The summed E-state index contributed by atoms with van der Waals surface area (Å²) in [6, 6.07) is 14.9. The maximum absolute atomic E-state index is 11.6. The fraction of sp³-hybridized carbons (Fsp3) is 0.250. The highest BCUT2D eigenvalue weighted by Crippen LogP contribution is 2.21. The Bertz CT molecular complexity index is 994. The molecule has 0 fully saturated rings. The summed E-state index contributed by atoms with van der Waals surface area (Å²) in [4.78, 5) is 14.0. The maximum Gasteiger partial charge on any atom is 0.288 e. The SMILES string of the molecule is CNC(=O)c1ccc(CN(C)Cn2nc(-c3ccc(OC)cc3)oc2=S)cc1. The molecule has 146 valence electrons. The Labute approximate surface area is 168 Å². The second-order valence-electron chi connectivity index (χ2n) is 6.33. The molecule has 3 aromatic rings. The number of benzene rings is 2. The van der Waals surface area contributed by atoms with E-state index in [0.717, 1.165) is 16.9 Å². The minimum absolute atomic E-state index is 0.0973. The van der Waals surface area contributed by atoms with Crippen molar-refractivity contribution in [3.63, 3.8) is 0 Å². The summed E-state index contributed by atoms with van der Waals surface area (Å²) in [7, 11) is 5.21. The topological polar surface area (TPSA) is 72.5 Å². The molecule has 1 heterocycles. The van der Waals surface area contributed by atoms with Crippen LogP contribution in [0.2, 0.25) is 0 Å². The van der Waals surface area contributed by atoms with Gasteiger partial charge in [-0.2, -0.15) is 0 Å². The van der Waals surface area contributed by atoms with E-state index in [-0.39, 0.29) is 5.91 Å². The average Bonchev–Trinajstić information content (AvgIpc) is 3.08. The van der Waals surface area contributed by atoms with Crippen LogP contribution in [0.15, 0.2) is 52.9 Å². The fourth-order valence-corrected chi connectivity index (χ4v) is 2.92. The van der Waals surface area contributed by atoms with Gasteiger partial charge < -0.3 is 14.5 Å². The van der Waals surface area contributed by atoms with Gasteiger partial charge in [0.25, 0.3) is 10.7 Å². The summed E-state index contributed by atoms with van der Waals surface area (Å²) < 4.78 is 12.4. The van der Waals surface area contributed by atoms with E-state index in [2.05, 4.69) is 15.3 Å². The minimum atomic E-state index is -0.0973. The Morgan fingerprint density at radius 2 is 1.89 bits per heavy atom. The van der Waals surface area contributed by atoms with Crippen LogP contribution in [0.3, 0.4) is 0 Å². The Hall–Kier alpha value is -2.97. The van der Waals surface area contributed by atoms with Gasteiger partial charge in [0.15, 0.2) is 0 Å². The smallest absolute Gasteiger partial charge is 0.288 e. The quantitative estimate of drug-likeness (QED) is 0.616. The molecule has 0 atom stereocenters. The van der Waals surface area contributed by atoms with E-state index < -0.39 is 0 Å². The van der Waals surface area contributed by atoms with Gasteiger partial charge in [-0.1, -0.05) is 12.1 Å². The maximum atomic E-state index is 11.6. The first-order valence-electron chi connectivity index (χ1n) is 8.72. The van der Waals surface area contributed by atoms with Crippen LogP contribution < -0.4 is 10.1 Å². The average molecular weight is 398 g/mol. The second kappa shape index (κ2) is 8.81. The molecule has 0 spiro atoms. The number of carbonyl (C=O) groups excluding carboxylic acids is 1. The summed E-state index contributed by atoms with van der Waals surface area (Å²) >= 11 is 5.30. The zero-order valence-electron chi connectivity index (χ0n) is 16.0. The highest BCUT2D eigenvalue weighted by atomic mass is 32.1. The molecule has 8 heteroatoms. The number of nitrogens with one attached hydrogen (secondary N) is 1. The van der Waals surface area contributed by atoms with Crippen LogP contribution >= 0.6 is 12.2 Å². The summed E-state index contributed by atoms with van der Waals surface area (Å²) in [5, 5.41) is 7.09. The summed E-state index contributed by atoms with van der Waals surface area (Å²) in [5.74, 6) is 1.14. The van der Waals surface area contributed by atoms with Crippen molar-refractivity contribution in [1.29, 1.82) is 0 Å². The van der Waals surface area contributed by atoms with Crippen LogP contribution in [0.1, 0.15) is 15.9 Å². The molecule has 1 N–H and O–H groups in total. The van der Waals surface area contributed by atoms with Crippen molar-refractivity contribution in [3.8, 4) is 17.2 Å². The molecule has 0 aliphatic carbocycles. The van der Waals surface area contributed by atoms with Crippen molar-refractivity contribution in [1.82, 2.24) is 20.0 Å². The van der Waals surface area contributed by atoms with E-state index in [1.54, 1.807) is 18.8 Å². The van der Waals surface area contributed by atoms with Gasteiger partial charge in [-0.05, 0) is 61.2 Å². The molecule has 0 unspecified atom stereocenters. The van der Waals surface area contributed by atoms with Crippen LogP contribution in [-0.2, 0) is 13.2 Å². The molecule has 1 amide bonds. The van der Waals surface area contributed by atoms with Gasteiger partial charge >= 0.3 is 0 Å². The van der Waals surface area contributed by atoms with Gasteiger partial charge in [0.05, 0.1) is 13.8 Å². The standard InChI is InChI=1S/C20H22N4O3S/c1-21-18(25)15-6-4-14(5-7-15)12-23(2)13-24-20(28)27-19(22-24)16-8-10-17(26-3)11-9-16/h4-11H,12-13H2,1-3H3,(H,21,25). The normalized spacial score (nSPS) is 10.9.